The van der Waals surface area contributed by atoms with E-state index in [4.69, 9.17) is 5.73 Å². The predicted molar refractivity (Wildman–Crippen MR) is 60.4 cm³/mol. The molecule has 1 nitrogen and oxygen atoms in total. The molecule has 82 valence electrons. The second kappa shape index (κ2) is 3.93. The molecule has 0 amide bonds. The molecule has 15 heavy (non-hydrogen) atoms. The second-order valence-electron chi connectivity index (χ2n) is 4.79. The second-order valence-corrected chi connectivity index (χ2v) is 4.79. The van der Waals surface area contributed by atoms with Crippen LogP contribution in [0.4, 0.5) is 4.39 Å². The molecule has 0 aliphatic heterocycles. The molecule has 2 atom stereocenters. The smallest absolute Gasteiger partial charge is 0.123 e. The van der Waals surface area contributed by atoms with E-state index < -0.39 is 0 Å². The van der Waals surface area contributed by atoms with Crippen molar-refractivity contribution in [2.75, 3.05) is 6.54 Å². The Hall–Kier alpha value is -0.890. The summed E-state index contributed by atoms with van der Waals surface area (Å²) in [5.41, 5.74) is 8.18. The summed E-state index contributed by atoms with van der Waals surface area (Å²) in [6.45, 7) is 5.06. The van der Waals surface area contributed by atoms with Crippen LogP contribution in [0.25, 0.3) is 0 Å². The minimum atomic E-state index is -0.142. The highest BCUT2D eigenvalue weighted by Gasteiger charge is 2.31. The van der Waals surface area contributed by atoms with Gasteiger partial charge in [0.2, 0.25) is 0 Å². The highest BCUT2D eigenvalue weighted by molar-refractivity contribution is 5.39. The van der Waals surface area contributed by atoms with Gasteiger partial charge in [-0.25, -0.2) is 4.39 Å². The fraction of sp³-hybridized carbons (Fsp3) is 0.538. The molecule has 1 aliphatic rings. The maximum Gasteiger partial charge on any atom is 0.123 e. The Labute approximate surface area is 90.5 Å². The summed E-state index contributed by atoms with van der Waals surface area (Å²) in [5, 5.41) is 0. The fourth-order valence-corrected chi connectivity index (χ4v) is 2.65. The maximum absolute atomic E-state index is 13.2. The van der Waals surface area contributed by atoms with Crippen LogP contribution in [0.15, 0.2) is 18.2 Å². The van der Waals surface area contributed by atoms with Gasteiger partial charge in [0, 0.05) is 0 Å². The van der Waals surface area contributed by atoms with Gasteiger partial charge in [0.05, 0.1) is 0 Å². The first-order chi connectivity index (χ1) is 7.13. The molecule has 0 saturated carbocycles. The van der Waals surface area contributed by atoms with Gasteiger partial charge in [-0.1, -0.05) is 19.9 Å². The van der Waals surface area contributed by atoms with Crippen molar-refractivity contribution >= 4 is 0 Å². The largest absolute Gasteiger partial charge is 0.330 e. The summed E-state index contributed by atoms with van der Waals surface area (Å²) in [6, 6.07) is 5.16. The molecule has 1 aromatic carbocycles. The van der Waals surface area contributed by atoms with Crippen molar-refractivity contribution in [2.24, 2.45) is 11.7 Å². The van der Waals surface area contributed by atoms with E-state index in [2.05, 4.69) is 13.8 Å². The molecule has 0 aromatic heterocycles. The van der Waals surface area contributed by atoms with E-state index in [1.165, 1.54) is 5.56 Å². The maximum atomic E-state index is 13.2. The van der Waals surface area contributed by atoms with E-state index in [9.17, 15) is 4.39 Å². The molecule has 2 unspecified atom stereocenters. The van der Waals surface area contributed by atoms with Crippen molar-refractivity contribution in [1.29, 1.82) is 0 Å². The van der Waals surface area contributed by atoms with E-state index in [0.717, 1.165) is 12.0 Å². The van der Waals surface area contributed by atoms with E-state index in [1.54, 1.807) is 12.1 Å². The van der Waals surface area contributed by atoms with Crippen molar-refractivity contribution in [1.82, 2.24) is 0 Å². The molecule has 0 heterocycles. The van der Waals surface area contributed by atoms with E-state index in [-0.39, 0.29) is 5.82 Å². The Morgan fingerprint density at radius 3 is 2.73 bits per heavy atom. The Balaban J connectivity index is 2.43. The minimum absolute atomic E-state index is 0.142. The monoisotopic (exact) mass is 207 g/mol. The number of nitrogens with two attached hydrogens (primary N) is 1. The number of benzene rings is 1. The zero-order chi connectivity index (χ0) is 11.0. The fourth-order valence-electron chi connectivity index (χ4n) is 2.65. The number of fused-ring (bicyclic) bond motifs is 1. The lowest BCUT2D eigenvalue weighted by molar-refractivity contribution is 0.468. The van der Waals surface area contributed by atoms with Crippen LogP contribution in [-0.4, -0.2) is 6.54 Å². The van der Waals surface area contributed by atoms with Crippen molar-refractivity contribution < 1.29 is 4.39 Å². The Morgan fingerprint density at radius 2 is 2.13 bits per heavy atom. The normalized spacial score (nSPS) is 24.6. The molecule has 2 N–H and O–H groups in total. The third-order valence-electron chi connectivity index (χ3n) is 3.52. The van der Waals surface area contributed by atoms with Crippen LogP contribution in [0, 0.1) is 11.7 Å². The molecule has 0 radical (unpaired) electrons. The Kier molecular flexibility index (Phi) is 2.79. The molecule has 2 rings (SSSR count). The van der Waals surface area contributed by atoms with Crippen molar-refractivity contribution in [3.63, 3.8) is 0 Å². The third-order valence-corrected chi connectivity index (χ3v) is 3.52. The zero-order valence-electron chi connectivity index (χ0n) is 9.33. The molecule has 0 saturated heterocycles. The lowest BCUT2D eigenvalue weighted by Gasteiger charge is -2.15. The predicted octanol–water partition coefficient (Wildman–Crippen LogP) is 3.01. The number of hydrogen-bond donors (Lipinski definition) is 1. The van der Waals surface area contributed by atoms with Gasteiger partial charge in [0.15, 0.2) is 0 Å². The lowest BCUT2D eigenvalue weighted by Crippen LogP contribution is -2.10. The third kappa shape index (κ3) is 1.78. The van der Waals surface area contributed by atoms with Gasteiger partial charge in [-0.05, 0) is 54.0 Å². The number of halogens is 1. The average molecular weight is 207 g/mol. The molecule has 0 spiro atoms. The van der Waals surface area contributed by atoms with Gasteiger partial charge in [0.1, 0.15) is 5.82 Å². The van der Waals surface area contributed by atoms with Crippen LogP contribution < -0.4 is 5.73 Å². The molecular formula is C13H18FN. The first-order valence-corrected chi connectivity index (χ1v) is 5.63. The van der Waals surface area contributed by atoms with Crippen LogP contribution >= 0.6 is 0 Å². The first-order valence-electron chi connectivity index (χ1n) is 5.63. The van der Waals surface area contributed by atoms with Crippen LogP contribution in [0.1, 0.15) is 43.2 Å². The molecule has 0 bridgehead atoms. The van der Waals surface area contributed by atoms with Gasteiger partial charge in [-0.2, -0.15) is 0 Å². The van der Waals surface area contributed by atoms with Crippen molar-refractivity contribution in [3.05, 3.63) is 35.1 Å². The summed E-state index contributed by atoms with van der Waals surface area (Å²) in [4.78, 5) is 0. The topological polar surface area (TPSA) is 26.0 Å². The number of hydrogen-bond acceptors (Lipinski definition) is 1. The molecule has 0 fully saturated rings. The van der Waals surface area contributed by atoms with E-state index >= 15 is 0 Å². The van der Waals surface area contributed by atoms with Gasteiger partial charge in [-0.15, -0.1) is 0 Å². The highest BCUT2D eigenvalue weighted by atomic mass is 19.1. The summed E-state index contributed by atoms with van der Waals surface area (Å²) in [6.07, 6.45) is 1.08. The first kappa shape index (κ1) is 10.6. The molecule has 2 heteroatoms. The SMILES string of the molecule is CC(C)C1CC(CN)c2cc(F)ccc21. The van der Waals surface area contributed by atoms with Crippen molar-refractivity contribution in [3.8, 4) is 0 Å². The standard InChI is InChI=1S/C13H18FN/c1-8(2)12-5-9(7-15)13-6-10(14)3-4-11(12)13/h3-4,6,8-9,12H,5,7,15H2,1-2H3. The van der Waals surface area contributed by atoms with Crippen LogP contribution in [0.3, 0.4) is 0 Å². The zero-order valence-corrected chi connectivity index (χ0v) is 9.33. The highest BCUT2D eigenvalue weighted by Crippen LogP contribution is 2.44. The number of rotatable bonds is 2. The van der Waals surface area contributed by atoms with E-state index in [0.29, 0.717) is 24.3 Å². The summed E-state index contributed by atoms with van der Waals surface area (Å²) >= 11 is 0. The Morgan fingerprint density at radius 1 is 1.40 bits per heavy atom. The van der Waals surface area contributed by atoms with Crippen molar-refractivity contribution in [2.45, 2.75) is 32.1 Å². The van der Waals surface area contributed by atoms with Crippen LogP contribution in [0.2, 0.25) is 0 Å². The lowest BCUT2D eigenvalue weighted by atomic mass is 9.90. The summed E-state index contributed by atoms with van der Waals surface area (Å²) in [5.74, 6) is 1.36. The molecule has 1 aromatic rings. The van der Waals surface area contributed by atoms with Gasteiger partial charge >= 0.3 is 0 Å². The minimum Gasteiger partial charge on any atom is -0.330 e. The quantitative estimate of drug-likeness (QED) is 0.792. The van der Waals surface area contributed by atoms with Crippen LogP contribution in [0.5, 0.6) is 0 Å². The Bertz CT molecular complexity index is 360. The van der Waals surface area contributed by atoms with Gasteiger partial charge < -0.3 is 5.73 Å². The van der Waals surface area contributed by atoms with Gasteiger partial charge in [-0.3, -0.25) is 0 Å². The van der Waals surface area contributed by atoms with Crippen LogP contribution in [-0.2, 0) is 0 Å². The molecule has 1 aliphatic carbocycles. The molecular weight excluding hydrogens is 189 g/mol. The average Bonchev–Trinajstić information content (AvgIpc) is 2.55. The summed E-state index contributed by atoms with van der Waals surface area (Å²) < 4.78 is 13.2. The van der Waals surface area contributed by atoms with E-state index in [1.807, 2.05) is 6.07 Å². The van der Waals surface area contributed by atoms with Gasteiger partial charge in [0.25, 0.3) is 0 Å². The summed E-state index contributed by atoms with van der Waals surface area (Å²) in [7, 11) is 0.